The number of aryl methyl sites for hydroxylation is 1. The first-order chi connectivity index (χ1) is 13.0. The Kier molecular flexibility index (Phi) is 6.03. The third-order valence-electron chi connectivity index (χ3n) is 3.72. The van der Waals surface area contributed by atoms with Gasteiger partial charge in [0.15, 0.2) is 5.11 Å². The average Bonchev–Trinajstić information content (AvgIpc) is 3.09. The highest BCUT2D eigenvalue weighted by atomic mass is 32.1. The molecule has 1 heterocycles. The van der Waals surface area contributed by atoms with Gasteiger partial charge in [-0.05, 0) is 50.7 Å². The summed E-state index contributed by atoms with van der Waals surface area (Å²) in [4.78, 5) is 4.42. The second-order valence-electron chi connectivity index (χ2n) is 6.33. The van der Waals surface area contributed by atoms with E-state index in [2.05, 4.69) is 20.8 Å². The van der Waals surface area contributed by atoms with Crippen molar-refractivity contribution < 1.29 is 9.26 Å². The van der Waals surface area contributed by atoms with Gasteiger partial charge in [-0.15, -0.1) is 0 Å². The van der Waals surface area contributed by atoms with Crippen LogP contribution in [0.5, 0.6) is 5.75 Å². The number of aromatic nitrogens is 2. The molecule has 0 spiro atoms. The summed E-state index contributed by atoms with van der Waals surface area (Å²) < 4.78 is 11.0. The molecule has 0 aliphatic heterocycles. The number of hydrogen-bond acceptors (Lipinski definition) is 5. The summed E-state index contributed by atoms with van der Waals surface area (Å²) in [6.45, 7) is 6.33. The Morgan fingerprint density at radius 1 is 1.19 bits per heavy atom. The molecule has 0 saturated carbocycles. The van der Waals surface area contributed by atoms with Gasteiger partial charge in [0.1, 0.15) is 5.75 Å². The highest BCUT2D eigenvalue weighted by molar-refractivity contribution is 7.80. The molecule has 6 nitrogen and oxygen atoms in total. The lowest BCUT2D eigenvalue weighted by Gasteiger charge is -2.12. The zero-order valence-corrected chi connectivity index (χ0v) is 16.3. The van der Waals surface area contributed by atoms with Crippen LogP contribution in [-0.4, -0.2) is 21.4 Å². The molecule has 0 amide bonds. The largest absolute Gasteiger partial charge is 0.491 e. The Morgan fingerprint density at radius 2 is 2.00 bits per heavy atom. The second-order valence-corrected chi connectivity index (χ2v) is 6.74. The van der Waals surface area contributed by atoms with E-state index in [1.807, 2.05) is 69.3 Å². The number of benzene rings is 2. The van der Waals surface area contributed by atoms with Crippen molar-refractivity contribution in [3.63, 3.8) is 0 Å². The molecule has 27 heavy (non-hydrogen) atoms. The van der Waals surface area contributed by atoms with Crippen LogP contribution in [0.15, 0.2) is 53.1 Å². The summed E-state index contributed by atoms with van der Waals surface area (Å²) in [6, 6.07) is 15.6. The van der Waals surface area contributed by atoms with Gasteiger partial charge < -0.3 is 19.9 Å². The summed E-state index contributed by atoms with van der Waals surface area (Å²) in [5.74, 6) is 1.83. The molecule has 0 unspecified atom stereocenters. The normalized spacial score (nSPS) is 10.7. The molecule has 3 aromatic rings. The first kappa shape index (κ1) is 18.8. The molecule has 0 aliphatic carbocycles. The van der Waals surface area contributed by atoms with Gasteiger partial charge in [0, 0.05) is 17.3 Å². The maximum Gasteiger partial charge on any atom is 0.246 e. The van der Waals surface area contributed by atoms with Crippen molar-refractivity contribution in [3.8, 4) is 17.1 Å². The van der Waals surface area contributed by atoms with Gasteiger partial charge in [0.25, 0.3) is 0 Å². The topological polar surface area (TPSA) is 72.2 Å². The third kappa shape index (κ3) is 5.27. The zero-order valence-electron chi connectivity index (χ0n) is 15.5. The van der Waals surface area contributed by atoms with E-state index < -0.39 is 0 Å². The van der Waals surface area contributed by atoms with Crippen molar-refractivity contribution in [2.75, 3.05) is 5.32 Å². The summed E-state index contributed by atoms with van der Waals surface area (Å²) in [7, 11) is 0. The number of nitrogens with zero attached hydrogens (tertiary/aromatic N) is 2. The van der Waals surface area contributed by atoms with Crippen LogP contribution in [0, 0.1) is 6.92 Å². The predicted octanol–water partition coefficient (Wildman–Crippen LogP) is 4.32. The molecule has 140 valence electrons. The maximum atomic E-state index is 5.68. The minimum absolute atomic E-state index is 0.116. The third-order valence-corrected chi connectivity index (χ3v) is 3.96. The number of anilines is 1. The molecule has 1 aromatic heterocycles. The molecular formula is C20H22N4O2S. The number of ether oxygens (including phenoxy) is 1. The minimum Gasteiger partial charge on any atom is -0.491 e. The number of thiocarbonyl (C=S) groups is 1. The Balaban J connectivity index is 1.56. The molecule has 0 fully saturated rings. The van der Waals surface area contributed by atoms with Gasteiger partial charge in [-0.1, -0.05) is 35.5 Å². The molecule has 2 aromatic carbocycles. The van der Waals surface area contributed by atoms with Crippen molar-refractivity contribution in [3.05, 3.63) is 60.0 Å². The van der Waals surface area contributed by atoms with E-state index >= 15 is 0 Å². The van der Waals surface area contributed by atoms with Crippen LogP contribution in [0.1, 0.15) is 25.3 Å². The summed E-state index contributed by atoms with van der Waals surface area (Å²) in [5.41, 5.74) is 2.89. The van der Waals surface area contributed by atoms with Crippen LogP contribution in [0.25, 0.3) is 11.4 Å². The lowest BCUT2D eigenvalue weighted by Crippen LogP contribution is -2.28. The summed E-state index contributed by atoms with van der Waals surface area (Å²) in [5, 5.41) is 10.7. The molecule has 0 bridgehead atoms. The van der Waals surface area contributed by atoms with Crippen LogP contribution in [0.2, 0.25) is 0 Å². The zero-order chi connectivity index (χ0) is 19.2. The van der Waals surface area contributed by atoms with Gasteiger partial charge in [-0.25, -0.2) is 0 Å². The van der Waals surface area contributed by atoms with Crippen molar-refractivity contribution >= 4 is 23.0 Å². The predicted molar refractivity (Wildman–Crippen MR) is 110 cm³/mol. The molecule has 0 saturated heterocycles. The van der Waals surface area contributed by atoms with Crippen LogP contribution in [0.4, 0.5) is 5.69 Å². The lowest BCUT2D eigenvalue weighted by molar-refractivity contribution is 0.242. The molecule has 7 heteroatoms. The fourth-order valence-corrected chi connectivity index (χ4v) is 2.70. The summed E-state index contributed by atoms with van der Waals surface area (Å²) >= 11 is 5.33. The molecule has 0 radical (unpaired) electrons. The molecular weight excluding hydrogens is 360 g/mol. The standard InChI is InChI=1S/C20H22N4O2S/c1-13(2)25-16-9-6-8-15(11-16)22-20(27)21-12-18-23-19(24-26-18)17-10-5-4-7-14(17)3/h4-11,13H,12H2,1-3H3,(H2,21,22,27). The van der Waals surface area contributed by atoms with Gasteiger partial charge in [0.05, 0.1) is 12.6 Å². The number of rotatable bonds is 6. The van der Waals surface area contributed by atoms with Crippen molar-refractivity contribution in [1.82, 2.24) is 15.5 Å². The first-order valence-electron chi connectivity index (χ1n) is 8.71. The lowest BCUT2D eigenvalue weighted by atomic mass is 10.1. The van der Waals surface area contributed by atoms with E-state index in [0.29, 0.717) is 23.4 Å². The van der Waals surface area contributed by atoms with Gasteiger partial charge in [0.2, 0.25) is 11.7 Å². The van der Waals surface area contributed by atoms with Crippen molar-refractivity contribution in [1.29, 1.82) is 0 Å². The molecule has 0 atom stereocenters. The monoisotopic (exact) mass is 382 g/mol. The molecule has 0 aliphatic rings. The fourth-order valence-electron chi connectivity index (χ4n) is 2.51. The maximum absolute atomic E-state index is 5.68. The highest BCUT2D eigenvalue weighted by Gasteiger charge is 2.10. The van der Waals surface area contributed by atoms with Crippen LogP contribution in [-0.2, 0) is 6.54 Å². The Morgan fingerprint density at radius 3 is 2.78 bits per heavy atom. The van der Waals surface area contributed by atoms with Crippen LogP contribution in [0.3, 0.4) is 0 Å². The SMILES string of the molecule is Cc1ccccc1-c1noc(CNC(=S)Nc2cccc(OC(C)C)c2)n1. The van der Waals surface area contributed by atoms with Crippen LogP contribution >= 0.6 is 12.2 Å². The van der Waals surface area contributed by atoms with E-state index in [1.165, 1.54) is 0 Å². The number of hydrogen-bond donors (Lipinski definition) is 2. The van der Waals surface area contributed by atoms with Crippen LogP contribution < -0.4 is 15.4 Å². The van der Waals surface area contributed by atoms with Gasteiger partial charge in [-0.2, -0.15) is 4.98 Å². The van der Waals surface area contributed by atoms with Gasteiger partial charge >= 0.3 is 0 Å². The first-order valence-corrected chi connectivity index (χ1v) is 9.12. The quantitative estimate of drug-likeness (QED) is 0.615. The molecule has 3 rings (SSSR count). The van der Waals surface area contributed by atoms with E-state index in [4.69, 9.17) is 21.5 Å². The summed E-state index contributed by atoms with van der Waals surface area (Å²) in [6.07, 6.45) is 0.116. The average molecular weight is 382 g/mol. The smallest absolute Gasteiger partial charge is 0.246 e. The van der Waals surface area contributed by atoms with Crippen molar-refractivity contribution in [2.24, 2.45) is 0 Å². The van der Waals surface area contributed by atoms with E-state index in [1.54, 1.807) is 0 Å². The van der Waals surface area contributed by atoms with E-state index in [-0.39, 0.29) is 6.10 Å². The number of nitrogens with one attached hydrogen (secondary N) is 2. The highest BCUT2D eigenvalue weighted by Crippen LogP contribution is 2.20. The van der Waals surface area contributed by atoms with Gasteiger partial charge in [-0.3, -0.25) is 0 Å². The minimum atomic E-state index is 0.116. The Labute approximate surface area is 163 Å². The second kappa shape index (κ2) is 8.64. The van der Waals surface area contributed by atoms with E-state index in [0.717, 1.165) is 22.6 Å². The van der Waals surface area contributed by atoms with Crippen molar-refractivity contribution in [2.45, 2.75) is 33.4 Å². The fraction of sp³-hybridized carbons (Fsp3) is 0.250. The molecule has 2 N–H and O–H groups in total. The Bertz CT molecular complexity index is 924. The van der Waals surface area contributed by atoms with E-state index in [9.17, 15) is 0 Å². The Hall–Kier alpha value is -2.93.